The highest BCUT2D eigenvalue weighted by Gasteiger charge is 2.04. The van der Waals surface area contributed by atoms with Gasteiger partial charge in [-0.2, -0.15) is 0 Å². The number of alkyl carbamates (subject to hydrolysis) is 1. The quantitative estimate of drug-likeness (QED) is 0.606. The second-order valence-corrected chi connectivity index (χ2v) is 3.27. The monoisotopic (exact) mass is 236 g/mol. The van der Waals surface area contributed by atoms with Gasteiger partial charge in [-0.1, -0.05) is 30.3 Å². The zero-order valence-electron chi connectivity index (χ0n) is 9.73. The van der Waals surface area contributed by atoms with Crippen molar-refractivity contribution >= 4 is 12.0 Å². The molecular formula is C12H16N2O3. The van der Waals surface area contributed by atoms with Crippen LogP contribution in [0.3, 0.4) is 0 Å². The summed E-state index contributed by atoms with van der Waals surface area (Å²) in [5.74, 6) is 0.0177. The van der Waals surface area contributed by atoms with Crippen LogP contribution in [0.1, 0.15) is 12.5 Å². The Balaban J connectivity index is 2.20. The van der Waals surface area contributed by atoms with Crippen LogP contribution in [0.4, 0.5) is 4.79 Å². The van der Waals surface area contributed by atoms with Gasteiger partial charge in [0.05, 0.1) is 13.2 Å². The molecule has 5 nitrogen and oxygen atoms in total. The van der Waals surface area contributed by atoms with E-state index >= 15 is 0 Å². The summed E-state index contributed by atoms with van der Waals surface area (Å²) in [6.07, 6.45) is -0.557. The molecule has 1 amide bonds. The average Bonchev–Trinajstić information content (AvgIpc) is 2.35. The first-order valence-electron chi connectivity index (χ1n) is 5.37. The second kappa shape index (κ2) is 7.27. The summed E-state index contributed by atoms with van der Waals surface area (Å²) in [7, 11) is 0. The molecule has 1 aromatic carbocycles. The van der Waals surface area contributed by atoms with Gasteiger partial charge in [0, 0.05) is 0 Å². The van der Waals surface area contributed by atoms with Gasteiger partial charge in [0.1, 0.15) is 6.61 Å². The first-order chi connectivity index (χ1) is 8.22. The Morgan fingerprint density at radius 1 is 1.29 bits per heavy atom. The topological polar surface area (TPSA) is 71.4 Å². The fraction of sp³-hybridized carbons (Fsp3) is 0.333. The van der Waals surface area contributed by atoms with Gasteiger partial charge < -0.3 is 14.8 Å². The molecule has 0 heterocycles. The number of nitrogens with one attached hydrogen (secondary N) is 2. The lowest BCUT2D eigenvalue weighted by atomic mass is 10.2. The third-order valence-corrected chi connectivity index (χ3v) is 1.92. The number of carbonyl (C=O) groups excluding carboxylic acids is 1. The zero-order chi connectivity index (χ0) is 12.5. The summed E-state index contributed by atoms with van der Waals surface area (Å²) in [6.45, 7) is 2.46. The highest BCUT2D eigenvalue weighted by atomic mass is 16.5. The summed E-state index contributed by atoms with van der Waals surface area (Å²) in [5.41, 5.74) is 0.919. The number of hydrogen-bond acceptors (Lipinski definition) is 4. The first-order valence-corrected chi connectivity index (χ1v) is 5.37. The number of rotatable bonds is 5. The smallest absolute Gasteiger partial charge is 0.407 e. The SMILES string of the molecule is CCOC(=N)CNC(=O)OCc1ccccc1. The number of ether oxygens (including phenoxy) is 2. The molecule has 0 unspecified atom stereocenters. The van der Waals surface area contributed by atoms with Crippen LogP contribution in [0.2, 0.25) is 0 Å². The van der Waals surface area contributed by atoms with Crippen molar-refractivity contribution in [1.82, 2.24) is 5.32 Å². The molecule has 17 heavy (non-hydrogen) atoms. The number of amides is 1. The predicted molar refractivity (Wildman–Crippen MR) is 64.0 cm³/mol. The van der Waals surface area contributed by atoms with E-state index in [1.807, 2.05) is 30.3 Å². The Bertz CT molecular complexity index is 365. The van der Waals surface area contributed by atoms with Gasteiger partial charge in [-0.3, -0.25) is 5.41 Å². The van der Waals surface area contributed by atoms with Gasteiger partial charge in [0.2, 0.25) is 5.90 Å². The minimum absolute atomic E-state index is 0.0177. The molecule has 0 atom stereocenters. The standard InChI is InChI=1S/C12H16N2O3/c1-2-16-11(13)8-14-12(15)17-9-10-6-4-3-5-7-10/h3-7,13H,2,8-9H2,1H3,(H,14,15). The maximum absolute atomic E-state index is 11.2. The van der Waals surface area contributed by atoms with Gasteiger partial charge in [-0.05, 0) is 12.5 Å². The van der Waals surface area contributed by atoms with Crippen LogP contribution in [0.15, 0.2) is 30.3 Å². The highest BCUT2D eigenvalue weighted by Crippen LogP contribution is 2.00. The minimum atomic E-state index is -0.557. The Morgan fingerprint density at radius 3 is 2.65 bits per heavy atom. The molecule has 0 radical (unpaired) electrons. The van der Waals surface area contributed by atoms with Crippen LogP contribution in [0.5, 0.6) is 0 Å². The van der Waals surface area contributed by atoms with Crippen molar-refractivity contribution in [2.24, 2.45) is 0 Å². The van der Waals surface area contributed by atoms with Gasteiger partial charge in [0.25, 0.3) is 0 Å². The third kappa shape index (κ3) is 5.55. The van der Waals surface area contributed by atoms with E-state index in [2.05, 4.69) is 5.32 Å². The molecule has 2 N–H and O–H groups in total. The molecule has 1 aromatic rings. The third-order valence-electron chi connectivity index (χ3n) is 1.92. The Labute approximate surface area is 100 Å². The normalized spacial score (nSPS) is 9.47. The predicted octanol–water partition coefficient (Wildman–Crippen LogP) is 1.93. The van der Waals surface area contributed by atoms with Crippen molar-refractivity contribution in [3.63, 3.8) is 0 Å². The molecule has 92 valence electrons. The van der Waals surface area contributed by atoms with Gasteiger partial charge in [-0.25, -0.2) is 4.79 Å². The van der Waals surface area contributed by atoms with Gasteiger partial charge in [0.15, 0.2) is 0 Å². The Hall–Kier alpha value is -2.04. The molecule has 1 rings (SSSR count). The lowest BCUT2D eigenvalue weighted by molar-refractivity contribution is 0.140. The van der Waals surface area contributed by atoms with E-state index in [1.54, 1.807) is 6.92 Å². The first kappa shape index (κ1) is 13.0. The molecule has 0 saturated carbocycles. The van der Waals surface area contributed by atoms with E-state index in [1.165, 1.54) is 0 Å². The molecule has 0 aliphatic rings. The number of benzene rings is 1. The van der Waals surface area contributed by atoms with Crippen LogP contribution in [0.25, 0.3) is 0 Å². The molecule has 0 spiro atoms. The van der Waals surface area contributed by atoms with E-state index < -0.39 is 6.09 Å². The number of carbonyl (C=O) groups is 1. The Kier molecular flexibility index (Phi) is 5.57. The molecule has 0 aliphatic heterocycles. The zero-order valence-corrected chi connectivity index (χ0v) is 9.73. The van der Waals surface area contributed by atoms with Crippen molar-refractivity contribution in [3.8, 4) is 0 Å². The molecule has 0 bridgehead atoms. The van der Waals surface area contributed by atoms with Gasteiger partial charge >= 0.3 is 6.09 Å². The molecule has 5 heteroatoms. The average molecular weight is 236 g/mol. The molecular weight excluding hydrogens is 220 g/mol. The second-order valence-electron chi connectivity index (χ2n) is 3.27. The summed E-state index contributed by atoms with van der Waals surface area (Å²) in [4.78, 5) is 11.2. The summed E-state index contributed by atoms with van der Waals surface area (Å²) >= 11 is 0. The lowest BCUT2D eigenvalue weighted by Gasteiger charge is -2.08. The van der Waals surface area contributed by atoms with Gasteiger partial charge in [-0.15, -0.1) is 0 Å². The summed E-state index contributed by atoms with van der Waals surface area (Å²) in [5, 5.41) is 9.71. The van der Waals surface area contributed by atoms with Crippen LogP contribution in [-0.4, -0.2) is 25.1 Å². The highest BCUT2D eigenvalue weighted by molar-refractivity contribution is 5.79. The van der Waals surface area contributed by atoms with E-state index in [-0.39, 0.29) is 19.0 Å². The van der Waals surface area contributed by atoms with E-state index in [0.717, 1.165) is 5.56 Å². The maximum Gasteiger partial charge on any atom is 0.407 e. The molecule has 0 aliphatic carbocycles. The largest absolute Gasteiger partial charge is 0.480 e. The molecule has 0 saturated heterocycles. The van der Waals surface area contributed by atoms with Crippen LogP contribution >= 0.6 is 0 Å². The van der Waals surface area contributed by atoms with Crippen molar-refractivity contribution in [2.45, 2.75) is 13.5 Å². The molecule has 0 aromatic heterocycles. The van der Waals surface area contributed by atoms with E-state index in [9.17, 15) is 4.79 Å². The summed E-state index contributed by atoms with van der Waals surface area (Å²) < 4.78 is 9.82. The number of hydrogen-bond donors (Lipinski definition) is 2. The fourth-order valence-corrected chi connectivity index (χ4v) is 1.15. The van der Waals surface area contributed by atoms with E-state index in [4.69, 9.17) is 14.9 Å². The maximum atomic E-state index is 11.2. The van der Waals surface area contributed by atoms with Crippen LogP contribution in [0, 0.1) is 5.41 Å². The van der Waals surface area contributed by atoms with Crippen molar-refractivity contribution in [1.29, 1.82) is 5.41 Å². The van der Waals surface area contributed by atoms with Crippen molar-refractivity contribution < 1.29 is 14.3 Å². The van der Waals surface area contributed by atoms with Crippen molar-refractivity contribution in [3.05, 3.63) is 35.9 Å². The minimum Gasteiger partial charge on any atom is -0.480 e. The Morgan fingerprint density at radius 2 is 2.00 bits per heavy atom. The summed E-state index contributed by atoms with van der Waals surface area (Å²) in [6, 6.07) is 9.39. The van der Waals surface area contributed by atoms with Crippen molar-refractivity contribution in [2.75, 3.05) is 13.2 Å². The molecule has 0 fully saturated rings. The van der Waals surface area contributed by atoms with E-state index in [0.29, 0.717) is 6.61 Å². The lowest BCUT2D eigenvalue weighted by Crippen LogP contribution is -2.30. The van der Waals surface area contributed by atoms with Crippen LogP contribution < -0.4 is 5.32 Å². The fourth-order valence-electron chi connectivity index (χ4n) is 1.15. The van der Waals surface area contributed by atoms with Crippen LogP contribution in [-0.2, 0) is 16.1 Å².